The van der Waals surface area contributed by atoms with Gasteiger partial charge in [0.15, 0.2) is 6.61 Å². The van der Waals surface area contributed by atoms with Crippen molar-refractivity contribution in [3.05, 3.63) is 150 Å². The second-order valence-electron chi connectivity index (χ2n) is 13.7. The molecule has 2 aliphatic rings. The minimum absolute atomic E-state index is 0.0188. The van der Waals surface area contributed by atoms with Crippen LogP contribution in [-0.4, -0.2) is 77.6 Å². The van der Waals surface area contributed by atoms with Crippen molar-refractivity contribution in [3.63, 3.8) is 0 Å². The lowest BCUT2D eigenvalue weighted by Gasteiger charge is -2.26. The molecule has 5 N–H and O–H groups in total. The minimum Gasteiger partial charge on any atom is -0.497 e. The molecule has 57 heavy (non-hydrogen) atoms. The van der Waals surface area contributed by atoms with E-state index in [9.17, 15) is 29.1 Å². The Morgan fingerprint density at radius 3 is 1.88 bits per heavy atom. The van der Waals surface area contributed by atoms with E-state index in [0.29, 0.717) is 33.8 Å². The van der Waals surface area contributed by atoms with Crippen LogP contribution in [0.1, 0.15) is 22.3 Å². The number of carboxylic acids is 1. The molecule has 1 aromatic heterocycles. The van der Waals surface area contributed by atoms with Crippen molar-refractivity contribution < 1.29 is 38.6 Å². The van der Waals surface area contributed by atoms with Gasteiger partial charge in [-0.15, -0.1) is 0 Å². The molecule has 0 spiro atoms. The first-order valence-corrected chi connectivity index (χ1v) is 18.4. The van der Waals surface area contributed by atoms with Gasteiger partial charge in [-0.3, -0.25) is 24.2 Å². The highest BCUT2D eigenvalue weighted by Gasteiger charge is 2.32. The van der Waals surface area contributed by atoms with Gasteiger partial charge in [0, 0.05) is 38.1 Å². The summed E-state index contributed by atoms with van der Waals surface area (Å²) in [6.07, 6.45) is 3.14. The second-order valence-corrected chi connectivity index (χ2v) is 13.7. The molecule has 0 unspecified atom stereocenters. The van der Waals surface area contributed by atoms with Crippen molar-refractivity contribution in [2.24, 2.45) is 0 Å². The number of fused-ring (bicyclic) bond motifs is 16. The van der Waals surface area contributed by atoms with Gasteiger partial charge in [-0.05, 0) is 69.8 Å². The molecular weight excluding hydrogens is 727 g/mol. The number of carboxylic acid groups (broad SMARTS) is 1. The van der Waals surface area contributed by atoms with Gasteiger partial charge in [0.25, 0.3) is 5.91 Å². The molecule has 0 fully saturated rings. The Hall–Kier alpha value is -7.02. The topological polar surface area (TPSA) is 185 Å². The zero-order valence-corrected chi connectivity index (χ0v) is 31.2. The predicted molar refractivity (Wildman–Crippen MR) is 211 cm³/mol. The van der Waals surface area contributed by atoms with E-state index in [-0.39, 0.29) is 25.7 Å². The first-order valence-electron chi connectivity index (χ1n) is 18.4. The van der Waals surface area contributed by atoms with E-state index < -0.39 is 60.4 Å². The van der Waals surface area contributed by atoms with Crippen LogP contribution in [0.15, 0.2) is 128 Å². The van der Waals surface area contributed by atoms with Crippen LogP contribution in [0.5, 0.6) is 11.5 Å². The van der Waals surface area contributed by atoms with Gasteiger partial charge in [0.1, 0.15) is 35.7 Å². The molecule has 4 aromatic carbocycles. The summed E-state index contributed by atoms with van der Waals surface area (Å²) < 4.78 is 11.1. The first-order chi connectivity index (χ1) is 27.6. The molecule has 3 heterocycles. The molecule has 7 rings (SSSR count). The van der Waals surface area contributed by atoms with Crippen LogP contribution in [-0.2, 0) is 49.7 Å². The van der Waals surface area contributed by atoms with Crippen LogP contribution in [0.4, 0.5) is 0 Å². The molecule has 0 saturated carbocycles. The van der Waals surface area contributed by atoms with Gasteiger partial charge >= 0.3 is 5.97 Å². The first kappa shape index (κ1) is 39.7. The van der Waals surface area contributed by atoms with E-state index in [2.05, 4.69) is 26.3 Å². The maximum absolute atomic E-state index is 14.4. The number of benzene rings is 4. The molecule has 4 amide bonds. The SMILES string of the molecule is COc1cccc(C[C@@H]2NC(=O)[C@@H](Cc3ccc(-c4ccccc4)cc3)NC(=O)[C@H](Cc3ccncc3)NC(=O)COc3ccc(cc3)C[C@@H](C(=O)O)NC2=O)c1. The molecule has 2 bridgehead atoms. The third kappa shape index (κ3) is 11.3. The number of ether oxygens (including phenoxy) is 2. The Balaban J connectivity index is 1.36. The summed E-state index contributed by atoms with van der Waals surface area (Å²) in [5.74, 6) is -3.08. The van der Waals surface area contributed by atoms with Crippen molar-refractivity contribution >= 4 is 29.6 Å². The van der Waals surface area contributed by atoms with E-state index in [1.165, 1.54) is 7.11 Å². The quantitative estimate of drug-likeness (QED) is 0.140. The Morgan fingerprint density at radius 2 is 1.25 bits per heavy atom. The Morgan fingerprint density at radius 1 is 0.667 bits per heavy atom. The highest BCUT2D eigenvalue weighted by Crippen LogP contribution is 2.21. The molecule has 0 aliphatic carbocycles. The summed E-state index contributed by atoms with van der Waals surface area (Å²) in [5, 5.41) is 21.2. The van der Waals surface area contributed by atoms with Crippen LogP contribution >= 0.6 is 0 Å². The number of carbonyl (C=O) groups is 5. The van der Waals surface area contributed by atoms with Crippen LogP contribution in [0.3, 0.4) is 0 Å². The van der Waals surface area contributed by atoms with E-state index >= 15 is 0 Å². The molecule has 2 aliphatic heterocycles. The summed E-state index contributed by atoms with van der Waals surface area (Å²) in [6, 6.07) is 29.1. The van der Waals surface area contributed by atoms with Crippen molar-refractivity contribution in [3.8, 4) is 22.6 Å². The molecule has 13 nitrogen and oxygen atoms in total. The van der Waals surface area contributed by atoms with Gasteiger partial charge in [-0.1, -0.05) is 78.9 Å². The monoisotopic (exact) mass is 769 g/mol. The number of carbonyl (C=O) groups excluding carboxylic acids is 4. The van der Waals surface area contributed by atoms with Crippen molar-refractivity contribution in [1.82, 2.24) is 26.3 Å². The fourth-order valence-corrected chi connectivity index (χ4v) is 6.48. The van der Waals surface area contributed by atoms with Gasteiger partial charge in [0.2, 0.25) is 17.7 Å². The Labute approximate surface area is 329 Å². The number of nitrogens with zero attached hydrogens (tertiary/aromatic N) is 1. The van der Waals surface area contributed by atoms with Crippen LogP contribution < -0.4 is 30.7 Å². The normalized spacial score (nSPS) is 19.3. The van der Waals surface area contributed by atoms with Crippen LogP contribution in [0.2, 0.25) is 0 Å². The van der Waals surface area contributed by atoms with Gasteiger partial charge < -0.3 is 35.8 Å². The summed E-state index contributed by atoms with van der Waals surface area (Å²) in [4.78, 5) is 72.4. The van der Waals surface area contributed by atoms with E-state index in [1.807, 2.05) is 54.6 Å². The largest absolute Gasteiger partial charge is 0.497 e. The molecule has 13 heteroatoms. The zero-order valence-electron chi connectivity index (χ0n) is 31.2. The fourth-order valence-electron chi connectivity index (χ4n) is 6.48. The average Bonchev–Trinajstić information content (AvgIpc) is 3.23. The van der Waals surface area contributed by atoms with Crippen LogP contribution in [0, 0.1) is 0 Å². The number of nitrogens with one attached hydrogen (secondary N) is 4. The van der Waals surface area contributed by atoms with Gasteiger partial charge in [-0.2, -0.15) is 0 Å². The lowest BCUT2D eigenvalue weighted by molar-refractivity contribution is -0.142. The third-order valence-electron chi connectivity index (χ3n) is 9.53. The zero-order chi connectivity index (χ0) is 40.1. The molecule has 4 atom stereocenters. The number of pyridine rings is 1. The van der Waals surface area contributed by atoms with Gasteiger partial charge in [-0.25, -0.2) is 4.79 Å². The van der Waals surface area contributed by atoms with Crippen LogP contribution in [0.25, 0.3) is 11.1 Å². The fraction of sp³-hybridized carbons (Fsp3) is 0.227. The van der Waals surface area contributed by atoms with Crippen molar-refractivity contribution in [2.45, 2.75) is 49.9 Å². The minimum atomic E-state index is -1.35. The standard InChI is InChI=1S/C44H43N5O8/c1-56-35-9-5-6-31(22-35)26-38-43(53)49-39(44(54)55)25-29-12-16-34(17-13-29)57-27-40(50)46-36(24-30-18-20-45-21-19-30)41(51)47-37(42(52)48-38)23-28-10-14-33(15-11-28)32-7-3-2-4-8-32/h2-22,36-39H,23-27H2,1H3,(H,46,50)(H,47,51)(H,48,52)(H,49,53)(H,54,55)/t36-,37+,38-,39-/m0/s1. The molecule has 292 valence electrons. The number of hydrogen-bond donors (Lipinski definition) is 5. The van der Waals surface area contributed by atoms with E-state index in [4.69, 9.17) is 9.47 Å². The highest BCUT2D eigenvalue weighted by molar-refractivity contribution is 5.95. The lowest BCUT2D eigenvalue weighted by Crippen LogP contribution is -2.59. The number of methoxy groups -OCH3 is 1. The summed E-state index contributed by atoms with van der Waals surface area (Å²) in [6.45, 7) is -0.420. The number of aliphatic carboxylic acids is 1. The summed E-state index contributed by atoms with van der Waals surface area (Å²) >= 11 is 0. The maximum Gasteiger partial charge on any atom is 0.326 e. The Kier molecular flexibility index (Phi) is 13.2. The Bertz CT molecular complexity index is 2170. The predicted octanol–water partition coefficient (Wildman–Crippen LogP) is 3.44. The summed E-state index contributed by atoms with van der Waals surface area (Å²) in [7, 11) is 1.51. The number of rotatable bonds is 9. The third-order valence-corrected chi connectivity index (χ3v) is 9.53. The number of aromatic nitrogens is 1. The average molecular weight is 770 g/mol. The van der Waals surface area contributed by atoms with E-state index in [1.54, 1.807) is 73.1 Å². The van der Waals surface area contributed by atoms with E-state index in [0.717, 1.165) is 11.1 Å². The summed E-state index contributed by atoms with van der Waals surface area (Å²) in [5.41, 5.74) is 4.59. The van der Waals surface area contributed by atoms with Crippen molar-refractivity contribution in [1.29, 1.82) is 0 Å². The number of hydrogen-bond acceptors (Lipinski definition) is 8. The molecule has 0 radical (unpaired) electrons. The maximum atomic E-state index is 14.4. The van der Waals surface area contributed by atoms with Crippen molar-refractivity contribution in [2.75, 3.05) is 13.7 Å². The molecular formula is C44H43N5O8. The van der Waals surface area contributed by atoms with Gasteiger partial charge in [0.05, 0.1) is 7.11 Å². The second kappa shape index (κ2) is 19.0. The molecule has 5 aromatic rings. The highest BCUT2D eigenvalue weighted by atomic mass is 16.5. The number of amides is 4. The molecule has 0 saturated heterocycles. The lowest BCUT2D eigenvalue weighted by atomic mass is 9.98. The smallest absolute Gasteiger partial charge is 0.326 e.